The van der Waals surface area contributed by atoms with Gasteiger partial charge in [0, 0.05) is 38.3 Å². The van der Waals surface area contributed by atoms with E-state index in [4.69, 9.17) is 4.74 Å². The molecule has 2 aliphatic heterocycles. The number of carbonyl (C=O) groups excluding carboxylic acids is 1. The number of aryl methyl sites for hydroxylation is 1. The number of hydrogen-bond donors (Lipinski definition) is 0. The Hall–Kier alpha value is -2.43. The van der Waals surface area contributed by atoms with Gasteiger partial charge < -0.3 is 9.64 Å². The third-order valence-corrected chi connectivity index (χ3v) is 4.89. The van der Waals surface area contributed by atoms with Crippen LogP contribution in [0.1, 0.15) is 35.3 Å². The molecule has 1 saturated heterocycles. The highest BCUT2D eigenvalue weighted by Crippen LogP contribution is 2.39. The van der Waals surface area contributed by atoms with Gasteiger partial charge in [-0.05, 0) is 24.5 Å². The Balaban J connectivity index is 1.45. The van der Waals surface area contributed by atoms with Crippen LogP contribution in [0.3, 0.4) is 0 Å². The lowest BCUT2D eigenvalue weighted by atomic mass is 9.83. The molecule has 0 atom stereocenters. The van der Waals surface area contributed by atoms with Crippen LogP contribution in [0.15, 0.2) is 42.9 Å². The molecule has 5 nitrogen and oxygen atoms in total. The van der Waals surface area contributed by atoms with Crippen molar-refractivity contribution in [1.29, 1.82) is 0 Å². The molecule has 1 aromatic carbocycles. The van der Waals surface area contributed by atoms with E-state index in [9.17, 15) is 4.79 Å². The van der Waals surface area contributed by atoms with Gasteiger partial charge in [-0.3, -0.25) is 9.78 Å². The molecule has 1 fully saturated rings. The van der Waals surface area contributed by atoms with Crippen LogP contribution in [-0.4, -0.2) is 39.5 Å². The summed E-state index contributed by atoms with van der Waals surface area (Å²) < 4.78 is 6.33. The molecule has 0 unspecified atom stereocenters. The monoisotopic (exact) mass is 309 g/mol. The fraction of sp³-hybridized carbons (Fsp3) is 0.389. The van der Waals surface area contributed by atoms with E-state index < -0.39 is 0 Å². The van der Waals surface area contributed by atoms with Crippen molar-refractivity contribution in [3.05, 3.63) is 54.1 Å². The van der Waals surface area contributed by atoms with Crippen LogP contribution < -0.4 is 4.74 Å². The fourth-order valence-corrected chi connectivity index (χ4v) is 3.50. The number of ether oxygens (including phenoxy) is 1. The van der Waals surface area contributed by atoms with Crippen LogP contribution >= 0.6 is 0 Å². The number of nitrogens with zero attached hydrogens (tertiary/aromatic N) is 3. The van der Waals surface area contributed by atoms with E-state index >= 15 is 0 Å². The maximum absolute atomic E-state index is 12.5. The van der Waals surface area contributed by atoms with Crippen LogP contribution in [0.25, 0.3) is 0 Å². The maximum Gasteiger partial charge on any atom is 0.274 e. The van der Waals surface area contributed by atoms with Gasteiger partial charge in [0.2, 0.25) is 0 Å². The molecule has 4 rings (SSSR count). The first-order valence-electron chi connectivity index (χ1n) is 8.08. The summed E-state index contributed by atoms with van der Waals surface area (Å²) in [5.74, 6) is 0.969. The van der Waals surface area contributed by atoms with Gasteiger partial charge in [-0.1, -0.05) is 18.2 Å². The van der Waals surface area contributed by atoms with Crippen molar-refractivity contribution in [2.75, 3.05) is 13.1 Å². The number of fused-ring (bicyclic) bond motifs is 1. The van der Waals surface area contributed by atoms with Crippen molar-refractivity contribution in [2.24, 2.45) is 0 Å². The largest absolute Gasteiger partial charge is 0.487 e. The molecule has 1 amide bonds. The average Bonchev–Trinajstić information content (AvgIpc) is 2.62. The van der Waals surface area contributed by atoms with Crippen molar-refractivity contribution in [3.63, 3.8) is 0 Å². The highest BCUT2D eigenvalue weighted by molar-refractivity contribution is 5.92. The average molecular weight is 309 g/mol. The molecule has 0 N–H and O–H groups in total. The van der Waals surface area contributed by atoms with Crippen molar-refractivity contribution < 1.29 is 9.53 Å². The summed E-state index contributed by atoms with van der Waals surface area (Å²) in [5.41, 5.74) is 1.59. The summed E-state index contributed by atoms with van der Waals surface area (Å²) in [4.78, 5) is 22.4. The second-order valence-corrected chi connectivity index (χ2v) is 6.28. The predicted octanol–water partition coefficient (Wildman–Crippen LogP) is 2.48. The summed E-state index contributed by atoms with van der Waals surface area (Å²) in [6, 6.07) is 8.26. The quantitative estimate of drug-likeness (QED) is 0.812. The first-order valence-corrected chi connectivity index (χ1v) is 8.08. The molecule has 118 valence electrons. The smallest absolute Gasteiger partial charge is 0.274 e. The highest BCUT2D eigenvalue weighted by Gasteiger charge is 2.40. The van der Waals surface area contributed by atoms with Gasteiger partial charge in [0.05, 0.1) is 6.20 Å². The zero-order chi connectivity index (χ0) is 15.7. The number of benzene rings is 1. The number of piperidine rings is 1. The lowest BCUT2D eigenvalue weighted by molar-refractivity contribution is -0.0108. The lowest BCUT2D eigenvalue weighted by Gasteiger charge is -2.44. The number of aromatic nitrogens is 2. The lowest BCUT2D eigenvalue weighted by Crippen LogP contribution is -2.51. The third kappa shape index (κ3) is 2.67. The van der Waals surface area contributed by atoms with Crippen molar-refractivity contribution >= 4 is 5.91 Å². The van der Waals surface area contributed by atoms with Gasteiger partial charge in [-0.25, -0.2) is 4.98 Å². The summed E-state index contributed by atoms with van der Waals surface area (Å²) >= 11 is 0. The van der Waals surface area contributed by atoms with Gasteiger partial charge in [0.25, 0.3) is 5.91 Å². The minimum absolute atomic E-state index is 0.0378. The molecule has 2 aliphatic rings. The van der Waals surface area contributed by atoms with Gasteiger partial charge in [0.15, 0.2) is 0 Å². The van der Waals surface area contributed by atoms with E-state index in [-0.39, 0.29) is 11.5 Å². The normalized spacial score (nSPS) is 19.0. The van der Waals surface area contributed by atoms with E-state index in [2.05, 4.69) is 22.1 Å². The molecule has 1 spiro atoms. The molecule has 2 aromatic rings. The Morgan fingerprint density at radius 2 is 1.96 bits per heavy atom. The van der Waals surface area contributed by atoms with E-state index in [1.807, 2.05) is 17.0 Å². The summed E-state index contributed by atoms with van der Waals surface area (Å²) in [6.45, 7) is 1.41. The maximum atomic E-state index is 12.5. The Bertz CT molecular complexity index is 709. The molecule has 23 heavy (non-hydrogen) atoms. The molecule has 5 heteroatoms. The molecule has 3 heterocycles. The first kappa shape index (κ1) is 14.2. The number of carbonyl (C=O) groups is 1. The van der Waals surface area contributed by atoms with Crippen molar-refractivity contribution in [3.8, 4) is 5.75 Å². The van der Waals surface area contributed by atoms with Gasteiger partial charge in [0.1, 0.15) is 17.0 Å². The van der Waals surface area contributed by atoms with E-state index in [1.54, 1.807) is 12.4 Å². The second-order valence-electron chi connectivity index (χ2n) is 6.28. The Kier molecular flexibility index (Phi) is 3.48. The molecule has 0 bridgehead atoms. The topological polar surface area (TPSA) is 55.3 Å². The Labute approximate surface area is 135 Å². The van der Waals surface area contributed by atoms with E-state index in [1.165, 1.54) is 11.8 Å². The van der Waals surface area contributed by atoms with Gasteiger partial charge in [-0.2, -0.15) is 0 Å². The number of rotatable bonds is 1. The van der Waals surface area contributed by atoms with Crippen molar-refractivity contribution in [1.82, 2.24) is 14.9 Å². The van der Waals surface area contributed by atoms with Gasteiger partial charge in [-0.15, -0.1) is 0 Å². The van der Waals surface area contributed by atoms with Crippen LogP contribution in [0, 0.1) is 0 Å². The summed E-state index contributed by atoms with van der Waals surface area (Å²) in [6.07, 6.45) is 8.47. The molecular formula is C18H19N3O2. The predicted molar refractivity (Wildman–Crippen MR) is 85.3 cm³/mol. The fourth-order valence-electron chi connectivity index (χ4n) is 3.50. The zero-order valence-corrected chi connectivity index (χ0v) is 12.9. The number of para-hydroxylation sites is 1. The Morgan fingerprint density at radius 3 is 2.74 bits per heavy atom. The first-order chi connectivity index (χ1) is 11.3. The summed E-state index contributed by atoms with van der Waals surface area (Å²) in [7, 11) is 0. The minimum atomic E-state index is -0.118. The second kappa shape index (κ2) is 5.65. The molecule has 0 saturated carbocycles. The van der Waals surface area contributed by atoms with E-state index in [0.29, 0.717) is 18.8 Å². The molecule has 0 aliphatic carbocycles. The third-order valence-electron chi connectivity index (χ3n) is 4.89. The molecular weight excluding hydrogens is 290 g/mol. The minimum Gasteiger partial charge on any atom is -0.487 e. The van der Waals surface area contributed by atoms with Crippen molar-refractivity contribution in [2.45, 2.75) is 31.3 Å². The van der Waals surface area contributed by atoms with Crippen LogP contribution in [0.4, 0.5) is 0 Å². The zero-order valence-electron chi connectivity index (χ0n) is 12.9. The summed E-state index contributed by atoms with van der Waals surface area (Å²) in [5, 5.41) is 0. The van der Waals surface area contributed by atoms with Crippen LogP contribution in [-0.2, 0) is 6.42 Å². The van der Waals surface area contributed by atoms with Crippen LogP contribution in [0.2, 0.25) is 0 Å². The molecule has 0 radical (unpaired) electrons. The van der Waals surface area contributed by atoms with Gasteiger partial charge >= 0.3 is 0 Å². The van der Waals surface area contributed by atoms with E-state index in [0.717, 1.165) is 31.4 Å². The Morgan fingerprint density at radius 1 is 1.13 bits per heavy atom. The SMILES string of the molecule is O=C(c1cnccn1)N1CCC2(CCc3ccccc3O2)CC1. The highest BCUT2D eigenvalue weighted by atomic mass is 16.5. The number of hydrogen-bond acceptors (Lipinski definition) is 4. The number of likely N-dealkylation sites (tertiary alicyclic amines) is 1. The van der Waals surface area contributed by atoms with Crippen LogP contribution in [0.5, 0.6) is 5.75 Å². The molecule has 1 aromatic heterocycles. The number of amides is 1. The standard InChI is InChI=1S/C18H19N3O2/c22-17(15-13-19-9-10-20-15)21-11-7-18(8-12-21)6-5-14-3-1-2-4-16(14)23-18/h1-4,9-10,13H,5-8,11-12H2.